The van der Waals surface area contributed by atoms with Gasteiger partial charge in [-0.15, -0.1) is 0 Å². The highest BCUT2D eigenvalue weighted by molar-refractivity contribution is 5.72. The van der Waals surface area contributed by atoms with E-state index < -0.39 is 67.1 Å². The average molecular weight is 420 g/mol. The van der Waals surface area contributed by atoms with Crippen LogP contribution >= 0.6 is 0 Å². The molecule has 0 amide bonds. The quantitative estimate of drug-likeness (QED) is 0.379. The monoisotopic (exact) mass is 420 g/mol. The fourth-order valence-electron chi connectivity index (χ4n) is 4.26. The number of unbranched alkanes of at least 4 members (excludes halogenated alkanes) is 1. The van der Waals surface area contributed by atoms with Crippen molar-refractivity contribution in [1.82, 2.24) is 0 Å². The summed E-state index contributed by atoms with van der Waals surface area (Å²) in [5.74, 6) is -8.94. The van der Waals surface area contributed by atoms with E-state index in [1.807, 2.05) is 6.92 Å². The number of hydrogen-bond donors (Lipinski definition) is 0. The Balaban J connectivity index is 1.83. The Morgan fingerprint density at radius 2 is 1.50 bits per heavy atom. The first-order chi connectivity index (χ1) is 13.0. The molecular weight excluding hydrogens is 393 g/mol. The molecule has 0 aliphatic heterocycles. The van der Waals surface area contributed by atoms with E-state index in [0.29, 0.717) is 12.8 Å². The minimum atomic E-state index is -5.62. The van der Waals surface area contributed by atoms with Crippen LogP contribution in [-0.2, 0) is 9.53 Å². The highest BCUT2D eigenvalue weighted by atomic mass is 19.4. The van der Waals surface area contributed by atoms with Gasteiger partial charge < -0.3 is 4.74 Å². The molecule has 0 radical (unpaired) electrons. The van der Waals surface area contributed by atoms with Gasteiger partial charge >= 0.3 is 18.1 Å². The van der Waals surface area contributed by atoms with Gasteiger partial charge in [0.1, 0.15) is 18.4 Å². The van der Waals surface area contributed by atoms with Gasteiger partial charge in [-0.3, -0.25) is 4.79 Å². The molecule has 0 bridgehead atoms. The Morgan fingerprint density at radius 1 is 0.964 bits per heavy atom. The summed E-state index contributed by atoms with van der Waals surface area (Å²) in [4.78, 5) is 12.2. The normalized spacial score (nSPS) is 34.9. The second-order valence-electron chi connectivity index (χ2n) is 8.04. The SMILES string of the molecule is CCCCC1C(F)CC(OC(=O)C2CCC(C(F)(F)C(F)(F)F)CC2)CC1F. The maximum absolute atomic E-state index is 14.2. The number of hydrogen-bond acceptors (Lipinski definition) is 2. The van der Waals surface area contributed by atoms with E-state index in [2.05, 4.69) is 0 Å². The summed E-state index contributed by atoms with van der Waals surface area (Å²) >= 11 is 0. The van der Waals surface area contributed by atoms with Gasteiger partial charge in [-0.2, -0.15) is 22.0 Å². The number of alkyl halides is 7. The van der Waals surface area contributed by atoms with Crippen molar-refractivity contribution < 1.29 is 40.3 Å². The van der Waals surface area contributed by atoms with Crippen LogP contribution in [0.2, 0.25) is 0 Å². The first-order valence-electron chi connectivity index (χ1n) is 9.90. The van der Waals surface area contributed by atoms with Gasteiger partial charge in [0.15, 0.2) is 0 Å². The number of carbonyl (C=O) groups is 1. The number of halogens is 7. The van der Waals surface area contributed by atoms with Crippen LogP contribution < -0.4 is 0 Å². The first kappa shape index (κ1) is 23.3. The molecule has 28 heavy (non-hydrogen) atoms. The standard InChI is InChI=1S/C19H27F7O2/c1-2-3-4-14-15(20)9-13(10-16(14)21)28-17(27)11-5-7-12(8-6-11)18(22,23)19(24,25)26/h11-16H,2-10H2,1H3. The maximum atomic E-state index is 14.2. The molecule has 0 saturated heterocycles. The van der Waals surface area contributed by atoms with Crippen molar-refractivity contribution in [3.63, 3.8) is 0 Å². The molecule has 2 aliphatic rings. The van der Waals surface area contributed by atoms with Gasteiger partial charge in [-0.1, -0.05) is 19.8 Å². The molecule has 2 aliphatic carbocycles. The molecule has 0 N–H and O–H groups in total. The van der Waals surface area contributed by atoms with Crippen molar-refractivity contribution in [2.45, 2.75) is 95.3 Å². The summed E-state index contributed by atoms with van der Waals surface area (Å²) in [7, 11) is 0. The lowest BCUT2D eigenvalue weighted by molar-refractivity contribution is -0.306. The van der Waals surface area contributed by atoms with Gasteiger partial charge in [0.2, 0.25) is 0 Å². The van der Waals surface area contributed by atoms with Crippen molar-refractivity contribution in [3.8, 4) is 0 Å². The fourth-order valence-corrected chi connectivity index (χ4v) is 4.26. The summed E-state index contributed by atoms with van der Waals surface area (Å²) in [6.45, 7) is 1.92. The largest absolute Gasteiger partial charge is 0.462 e. The summed E-state index contributed by atoms with van der Waals surface area (Å²) in [5, 5.41) is 0. The topological polar surface area (TPSA) is 26.3 Å². The summed E-state index contributed by atoms with van der Waals surface area (Å²) in [5.41, 5.74) is 0. The molecule has 9 heteroatoms. The van der Waals surface area contributed by atoms with Crippen LogP contribution in [-0.4, -0.2) is 36.5 Å². The van der Waals surface area contributed by atoms with E-state index in [4.69, 9.17) is 4.74 Å². The van der Waals surface area contributed by atoms with Gasteiger partial charge in [0.25, 0.3) is 0 Å². The highest BCUT2D eigenvalue weighted by Gasteiger charge is 2.62. The molecule has 2 unspecified atom stereocenters. The molecule has 0 aromatic rings. The molecule has 2 nitrogen and oxygen atoms in total. The van der Waals surface area contributed by atoms with E-state index in [9.17, 15) is 35.5 Å². The second kappa shape index (κ2) is 9.20. The van der Waals surface area contributed by atoms with Crippen LogP contribution in [0.1, 0.15) is 64.7 Å². The Bertz CT molecular complexity index is 503. The van der Waals surface area contributed by atoms with Crippen molar-refractivity contribution in [1.29, 1.82) is 0 Å². The van der Waals surface area contributed by atoms with Crippen molar-refractivity contribution in [2.75, 3.05) is 0 Å². The lowest BCUT2D eigenvalue weighted by atomic mass is 9.78. The molecule has 0 aromatic carbocycles. The number of carbonyl (C=O) groups excluding carboxylic acids is 1. The maximum Gasteiger partial charge on any atom is 0.453 e. The lowest BCUT2D eigenvalue weighted by Gasteiger charge is -2.36. The molecule has 164 valence electrons. The summed E-state index contributed by atoms with van der Waals surface area (Å²) < 4.78 is 97.8. The molecule has 2 saturated carbocycles. The van der Waals surface area contributed by atoms with E-state index >= 15 is 0 Å². The van der Waals surface area contributed by atoms with Gasteiger partial charge in [-0.05, 0) is 32.1 Å². The average Bonchev–Trinajstić information content (AvgIpc) is 2.60. The molecule has 2 fully saturated rings. The lowest BCUT2D eigenvalue weighted by Crippen LogP contribution is -2.45. The third-order valence-corrected chi connectivity index (χ3v) is 6.03. The minimum Gasteiger partial charge on any atom is -0.462 e. The Morgan fingerprint density at radius 3 is 1.96 bits per heavy atom. The van der Waals surface area contributed by atoms with E-state index in [1.165, 1.54) is 0 Å². The third kappa shape index (κ3) is 5.32. The van der Waals surface area contributed by atoms with E-state index in [-0.39, 0.29) is 25.7 Å². The molecular formula is C19H27F7O2. The molecule has 0 heterocycles. The number of ether oxygens (including phenoxy) is 1. The van der Waals surface area contributed by atoms with Crippen molar-refractivity contribution in [2.24, 2.45) is 17.8 Å². The fraction of sp³-hybridized carbons (Fsp3) is 0.947. The zero-order chi connectivity index (χ0) is 21.1. The van der Waals surface area contributed by atoms with Crippen molar-refractivity contribution in [3.05, 3.63) is 0 Å². The molecule has 2 atom stereocenters. The first-order valence-corrected chi connectivity index (χ1v) is 9.90. The van der Waals surface area contributed by atoms with E-state index in [0.717, 1.165) is 6.42 Å². The minimum absolute atomic E-state index is 0.109. The predicted octanol–water partition coefficient (Wildman–Crippen LogP) is 6.18. The van der Waals surface area contributed by atoms with Crippen LogP contribution in [0.4, 0.5) is 30.7 Å². The highest BCUT2D eigenvalue weighted by Crippen LogP contribution is 2.47. The van der Waals surface area contributed by atoms with Crippen molar-refractivity contribution >= 4 is 5.97 Å². The van der Waals surface area contributed by atoms with Gasteiger partial charge in [0, 0.05) is 24.7 Å². The smallest absolute Gasteiger partial charge is 0.453 e. The Kier molecular flexibility index (Phi) is 7.64. The van der Waals surface area contributed by atoms with Crippen LogP contribution in [0, 0.1) is 17.8 Å². The molecule has 0 spiro atoms. The second-order valence-corrected chi connectivity index (χ2v) is 8.04. The Hall–Kier alpha value is -1.02. The number of rotatable bonds is 6. The predicted molar refractivity (Wildman–Crippen MR) is 88.4 cm³/mol. The summed E-state index contributed by atoms with van der Waals surface area (Å²) in [6.07, 6.45) is -8.85. The molecule has 2 rings (SSSR count). The van der Waals surface area contributed by atoms with Gasteiger partial charge in [-0.25, -0.2) is 8.78 Å². The van der Waals surface area contributed by atoms with Gasteiger partial charge in [0.05, 0.1) is 5.92 Å². The van der Waals surface area contributed by atoms with Crippen LogP contribution in [0.15, 0.2) is 0 Å². The third-order valence-electron chi connectivity index (χ3n) is 6.03. The van der Waals surface area contributed by atoms with Crippen LogP contribution in [0.5, 0.6) is 0 Å². The Labute approximate surface area is 160 Å². The zero-order valence-electron chi connectivity index (χ0n) is 15.8. The summed E-state index contributed by atoms with van der Waals surface area (Å²) in [6, 6.07) is 0. The van der Waals surface area contributed by atoms with Crippen LogP contribution in [0.3, 0.4) is 0 Å². The van der Waals surface area contributed by atoms with E-state index in [1.54, 1.807) is 0 Å². The van der Waals surface area contributed by atoms with Crippen LogP contribution in [0.25, 0.3) is 0 Å². The number of esters is 1. The molecule has 0 aromatic heterocycles. The zero-order valence-corrected chi connectivity index (χ0v) is 15.8.